The van der Waals surface area contributed by atoms with Gasteiger partial charge in [-0.2, -0.15) is 61.1 Å². The summed E-state index contributed by atoms with van der Waals surface area (Å²) in [7, 11) is -6.22. The van der Waals surface area contributed by atoms with Crippen LogP contribution in [-0.2, 0) is 24.4 Å². The molecule has 80 heavy (non-hydrogen) atoms. The number of allylic oxidation sites excluding steroid dienone is 10. The van der Waals surface area contributed by atoms with Gasteiger partial charge in [-0.25, -0.2) is 22.0 Å². The van der Waals surface area contributed by atoms with Crippen molar-refractivity contribution in [2.24, 2.45) is 130 Å². The van der Waals surface area contributed by atoms with Gasteiger partial charge in [0.1, 0.15) is 12.5 Å². The lowest BCUT2D eigenvalue weighted by Gasteiger charge is -2.62. The minimum atomic E-state index is -7.22. The normalized spacial score (nSPS) is 49.9. The molecule has 0 heterocycles. The maximum Gasteiger partial charge on any atom is 0.464 e. The van der Waals surface area contributed by atoms with Crippen LogP contribution in [0.4, 0.5) is 78.5 Å². The number of halogens is 18. The Balaban J connectivity index is 0.000000110. The lowest BCUT2D eigenvalue weighted by molar-refractivity contribution is -0.481. The van der Waals surface area contributed by atoms with E-state index in [1.54, 1.807) is 13.0 Å². The van der Waals surface area contributed by atoms with Crippen LogP contribution in [0.15, 0.2) is 60.8 Å². The molecule has 0 radical (unpaired) electrons. The molecule has 450 valence electrons. The number of fused-ring (bicyclic) bond motifs is 25. The molecular formula is C56H64F18O5S. The standard InChI is InChI=1S/C15H18F6O2.C11H8F8O3S.C10H11F3.C10H13F.C10H14/c1-12(6-10-8-3-4-9(5-8)11(10)12)13(14(16,17)18,15(19,20)21)23-7-22-2;12-8(13)6-4-1-2-5(3-4)7(6)9(8,14)22-10(15,16)11(17,18)23(19,20)21;1-9(11)7-5-2-3-6(4-5)8(7)10(9,12)13;1-10(11)5-8-6-2-3-7(4-6)9(8)10;1-6-4-9-7-2-3-8(5-7)10(6)9/h3-4,8-11H,5-7H2,1-2H3;1-2,4-7H,3H2;2-3,5-8H,4H2,1H3;2-3,6-9H,4-5H2,1H3;2-3,6-10H,4-5H2,1H3. The summed E-state index contributed by atoms with van der Waals surface area (Å²) in [6.45, 7) is 5.27. The fourth-order valence-corrected chi connectivity index (χ4v) is 19.9. The highest BCUT2D eigenvalue weighted by Crippen LogP contribution is 2.76. The molecule has 25 atom stereocenters. The fourth-order valence-electron chi connectivity index (χ4n) is 19.5. The maximum atomic E-state index is 14.4. The van der Waals surface area contributed by atoms with E-state index in [9.17, 15) is 86.9 Å². The number of hydrogen-bond acceptors (Lipinski definition) is 5. The van der Waals surface area contributed by atoms with Gasteiger partial charge in [0.2, 0.25) is 0 Å². The largest absolute Gasteiger partial charge is 0.464 e. The molecule has 15 aliphatic rings. The van der Waals surface area contributed by atoms with E-state index in [0.717, 1.165) is 69.3 Å². The Hall–Kier alpha value is -2.73. The first kappa shape index (κ1) is 59.0. The average Bonchev–Trinajstić information content (AvgIpc) is 4.30. The van der Waals surface area contributed by atoms with Gasteiger partial charge in [0.25, 0.3) is 17.4 Å². The van der Waals surface area contributed by atoms with Crippen LogP contribution in [0.3, 0.4) is 0 Å². The van der Waals surface area contributed by atoms with Crippen molar-refractivity contribution in [1.82, 2.24) is 0 Å². The van der Waals surface area contributed by atoms with Crippen molar-refractivity contribution in [2.75, 3.05) is 13.9 Å². The van der Waals surface area contributed by atoms with E-state index in [4.69, 9.17) is 0 Å². The lowest BCUT2D eigenvalue weighted by Crippen LogP contribution is -2.74. The SMILES string of the molecule is CC1(F)C2C3C=CC(C3)C2C1(F)F.CC1(F)CC2C3C=CC(C3)C21.CC1CC2C3C=CC(C3)C12.COCOC(C(F)(F)F)(C(F)(F)F)C1(C)CC2C3C=CC(C3)C21.O=S(=O)(F)C(F)(F)C(F)(F)OC1(F)C2C3C=CC(C3)C2C1(F)F. The molecule has 10 saturated carbocycles. The van der Waals surface area contributed by atoms with Crippen molar-refractivity contribution >= 4 is 10.2 Å². The van der Waals surface area contributed by atoms with E-state index < -0.39 is 122 Å². The van der Waals surface area contributed by atoms with Crippen LogP contribution < -0.4 is 0 Å². The van der Waals surface area contributed by atoms with Gasteiger partial charge in [-0.05, 0) is 160 Å². The zero-order valence-electron chi connectivity index (χ0n) is 44.0. The Morgan fingerprint density at radius 2 is 0.900 bits per heavy atom. The Bertz CT molecular complexity index is 2680. The number of hydrogen-bond donors (Lipinski definition) is 0. The van der Waals surface area contributed by atoms with Crippen LogP contribution in [0.25, 0.3) is 0 Å². The first-order valence-corrected chi connectivity index (χ1v) is 29.0. The van der Waals surface area contributed by atoms with Gasteiger partial charge in [0, 0.05) is 42.1 Å². The predicted molar refractivity (Wildman–Crippen MR) is 251 cm³/mol. The van der Waals surface area contributed by atoms with Gasteiger partial charge in [-0.3, -0.25) is 4.74 Å². The minimum Gasteiger partial charge on any atom is -0.359 e. The molecule has 0 aromatic rings. The van der Waals surface area contributed by atoms with Crippen LogP contribution in [0.1, 0.15) is 79.1 Å². The maximum absolute atomic E-state index is 14.4. The molecule has 0 spiro atoms. The third-order valence-corrected chi connectivity index (χ3v) is 23.6. The summed E-state index contributed by atoms with van der Waals surface area (Å²) in [6, 6.07) is 0. The van der Waals surface area contributed by atoms with Crippen LogP contribution in [0.2, 0.25) is 0 Å². The zero-order chi connectivity index (χ0) is 58.7. The van der Waals surface area contributed by atoms with Crippen molar-refractivity contribution in [3.05, 3.63) is 60.8 Å². The van der Waals surface area contributed by atoms with Gasteiger partial charge in [0.05, 0.1) is 0 Å². The third-order valence-electron chi connectivity index (χ3n) is 22.8. The summed E-state index contributed by atoms with van der Waals surface area (Å²) < 4.78 is 275. The highest BCUT2D eigenvalue weighted by molar-refractivity contribution is 7.87. The molecule has 0 amide bonds. The van der Waals surface area contributed by atoms with E-state index >= 15 is 0 Å². The summed E-state index contributed by atoms with van der Waals surface area (Å²) in [6.07, 6.45) is 8.44. The summed E-state index contributed by atoms with van der Waals surface area (Å²) in [5, 5.41) is -6.51. The van der Waals surface area contributed by atoms with Crippen LogP contribution >= 0.6 is 0 Å². The van der Waals surface area contributed by atoms with Crippen LogP contribution in [-0.4, -0.2) is 80.7 Å². The summed E-state index contributed by atoms with van der Waals surface area (Å²) in [5.74, 6) is -11.8. The van der Waals surface area contributed by atoms with E-state index in [-0.39, 0.29) is 42.4 Å². The molecule has 24 heteroatoms. The molecule has 0 aromatic heterocycles. The Morgan fingerprint density at radius 3 is 1.30 bits per heavy atom. The van der Waals surface area contributed by atoms with Gasteiger partial charge < -0.3 is 9.47 Å². The minimum absolute atomic E-state index is 0.0172. The predicted octanol–water partition coefficient (Wildman–Crippen LogP) is 15.4. The van der Waals surface area contributed by atoms with Gasteiger partial charge in [-0.1, -0.05) is 78.5 Å². The topological polar surface area (TPSA) is 61.8 Å². The molecule has 15 aliphatic carbocycles. The monoisotopic (exact) mass is 1190 g/mol. The van der Waals surface area contributed by atoms with Crippen molar-refractivity contribution < 1.29 is 101 Å². The molecule has 15 rings (SSSR count). The van der Waals surface area contributed by atoms with Crippen LogP contribution in [0, 0.1) is 130 Å². The average molecular weight is 1190 g/mol. The number of methoxy groups -OCH3 is 1. The number of ether oxygens (including phenoxy) is 3. The summed E-state index contributed by atoms with van der Waals surface area (Å²) >= 11 is 0. The highest BCUT2D eigenvalue weighted by Gasteiger charge is 2.88. The summed E-state index contributed by atoms with van der Waals surface area (Å²) in [4.78, 5) is 0. The molecule has 25 unspecified atom stereocenters. The molecule has 10 fully saturated rings. The quantitative estimate of drug-likeness (QED) is 0.105. The van der Waals surface area contributed by atoms with Crippen molar-refractivity contribution in [1.29, 1.82) is 0 Å². The Labute approximate surface area is 452 Å². The molecule has 5 nitrogen and oxygen atoms in total. The van der Waals surface area contributed by atoms with E-state index in [2.05, 4.69) is 45.4 Å². The van der Waals surface area contributed by atoms with E-state index in [1.165, 1.54) is 31.4 Å². The van der Waals surface area contributed by atoms with Crippen molar-refractivity contribution in [2.45, 2.75) is 137 Å². The lowest BCUT2D eigenvalue weighted by atomic mass is 9.45. The molecule has 0 aliphatic heterocycles. The molecule has 0 aromatic carbocycles. The molecular weight excluding hydrogens is 1130 g/mol. The Kier molecular flexibility index (Phi) is 13.4. The van der Waals surface area contributed by atoms with Crippen molar-refractivity contribution in [3.63, 3.8) is 0 Å². The highest BCUT2D eigenvalue weighted by atomic mass is 32.3. The van der Waals surface area contributed by atoms with Gasteiger partial charge >= 0.3 is 39.9 Å². The smallest absolute Gasteiger partial charge is 0.359 e. The third kappa shape index (κ3) is 7.83. The summed E-state index contributed by atoms with van der Waals surface area (Å²) in [5.41, 5.74) is -9.34. The second-order valence-electron chi connectivity index (χ2n) is 26.5. The van der Waals surface area contributed by atoms with Crippen LogP contribution in [0.5, 0.6) is 0 Å². The number of alkyl halides is 17. The Morgan fingerprint density at radius 1 is 0.500 bits per heavy atom. The van der Waals surface area contributed by atoms with E-state index in [1.807, 2.05) is 18.2 Å². The van der Waals surface area contributed by atoms with Gasteiger partial charge in [0.15, 0.2) is 5.67 Å². The molecule has 0 N–H and O–H groups in total. The molecule has 0 saturated heterocycles. The second kappa shape index (κ2) is 18.2. The first-order valence-electron chi connectivity index (χ1n) is 27.6. The number of rotatable bonds is 8. The van der Waals surface area contributed by atoms with E-state index in [0.29, 0.717) is 24.2 Å². The van der Waals surface area contributed by atoms with Crippen molar-refractivity contribution in [3.8, 4) is 0 Å². The first-order chi connectivity index (χ1) is 36.7. The molecule has 10 bridgehead atoms. The zero-order valence-corrected chi connectivity index (χ0v) is 44.8. The van der Waals surface area contributed by atoms with Gasteiger partial charge in [-0.15, -0.1) is 0 Å². The fraction of sp³-hybridized carbons (Fsp3) is 0.821. The second-order valence-corrected chi connectivity index (χ2v) is 27.9.